The van der Waals surface area contributed by atoms with Crippen LogP contribution in [-0.2, 0) is 0 Å². The van der Waals surface area contributed by atoms with Crippen LogP contribution in [0.15, 0.2) is 57.9 Å². The Morgan fingerprint density at radius 1 is 1.23 bits per heavy atom. The highest BCUT2D eigenvalue weighted by molar-refractivity contribution is 5.52. The van der Waals surface area contributed by atoms with E-state index in [2.05, 4.69) is 20.3 Å². The molecule has 0 saturated heterocycles. The zero-order valence-electron chi connectivity index (χ0n) is 12.3. The maximum Gasteiger partial charge on any atom is 0.353 e. The summed E-state index contributed by atoms with van der Waals surface area (Å²) in [7, 11) is 1.82. The van der Waals surface area contributed by atoms with Crippen molar-refractivity contribution in [2.24, 2.45) is 15.3 Å². The molecule has 0 radical (unpaired) electrons. The summed E-state index contributed by atoms with van der Waals surface area (Å²) in [5.74, 6) is 0.240. The molecular weight excluding hydrogens is 282 g/mol. The third-order valence-corrected chi connectivity index (χ3v) is 2.95. The smallest absolute Gasteiger partial charge is 0.353 e. The Balaban J connectivity index is 2.12. The molecule has 2 rings (SSSR count). The molecule has 0 aliphatic heterocycles. The number of rotatable bonds is 5. The van der Waals surface area contributed by atoms with Crippen LogP contribution in [0.3, 0.4) is 0 Å². The number of anilines is 1. The molecule has 0 fully saturated rings. The molecule has 112 valence electrons. The number of nitrogens with zero attached hydrogens (tertiary/aromatic N) is 7. The van der Waals surface area contributed by atoms with Gasteiger partial charge in [0.05, 0.1) is 18.0 Å². The van der Waals surface area contributed by atoms with E-state index in [1.165, 1.54) is 6.20 Å². The lowest BCUT2D eigenvalue weighted by Gasteiger charge is -2.15. The molecule has 0 bridgehead atoms. The molecular formula is C14H15N7O. The van der Waals surface area contributed by atoms with E-state index in [0.717, 1.165) is 11.3 Å². The summed E-state index contributed by atoms with van der Waals surface area (Å²) in [4.78, 5) is 4.51. The standard InChI is InChI=1S/C14H15N7O/c1-11-7-8-21(22)14(9-11)18-17-12-3-5-13(6-4-12)20(2)10-16-19-15/h3-9H,10H2,1-2H3/b18-17+. The summed E-state index contributed by atoms with van der Waals surface area (Å²) < 4.78 is 0.665. The minimum atomic E-state index is 0.240. The highest BCUT2D eigenvalue weighted by Gasteiger charge is 2.05. The van der Waals surface area contributed by atoms with Gasteiger partial charge in [-0.05, 0) is 53.5 Å². The van der Waals surface area contributed by atoms with Crippen molar-refractivity contribution in [1.29, 1.82) is 0 Å². The average Bonchev–Trinajstić information content (AvgIpc) is 2.54. The Morgan fingerprint density at radius 3 is 2.64 bits per heavy atom. The van der Waals surface area contributed by atoms with E-state index in [0.29, 0.717) is 10.4 Å². The Kier molecular flexibility index (Phi) is 4.89. The van der Waals surface area contributed by atoms with Crippen LogP contribution in [0, 0.1) is 12.1 Å². The zero-order valence-corrected chi connectivity index (χ0v) is 12.3. The minimum absolute atomic E-state index is 0.240. The number of azide groups is 1. The van der Waals surface area contributed by atoms with Crippen molar-refractivity contribution in [3.63, 3.8) is 0 Å². The number of aryl methyl sites for hydroxylation is 1. The summed E-state index contributed by atoms with van der Waals surface area (Å²) >= 11 is 0. The molecule has 0 aliphatic carbocycles. The van der Waals surface area contributed by atoms with Crippen molar-refractivity contribution >= 4 is 17.2 Å². The summed E-state index contributed by atoms with van der Waals surface area (Å²) in [6.45, 7) is 2.13. The van der Waals surface area contributed by atoms with Crippen LogP contribution in [0.1, 0.15) is 5.56 Å². The third kappa shape index (κ3) is 3.94. The molecule has 0 saturated carbocycles. The molecule has 1 heterocycles. The number of hydrogen-bond donors (Lipinski definition) is 0. The second-order valence-corrected chi connectivity index (χ2v) is 4.67. The molecule has 22 heavy (non-hydrogen) atoms. The van der Waals surface area contributed by atoms with Crippen molar-refractivity contribution in [2.75, 3.05) is 18.6 Å². The normalized spacial score (nSPS) is 10.5. The number of benzene rings is 1. The first-order valence-electron chi connectivity index (χ1n) is 6.54. The molecule has 8 heteroatoms. The van der Waals surface area contributed by atoms with Crippen LogP contribution in [0.5, 0.6) is 0 Å². The fourth-order valence-corrected chi connectivity index (χ4v) is 1.74. The van der Waals surface area contributed by atoms with Gasteiger partial charge in [0.15, 0.2) is 0 Å². The molecule has 0 amide bonds. The van der Waals surface area contributed by atoms with Crippen LogP contribution in [0.2, 0.25) is 0 Å². The van der Waals surface area contributed by atoms with Gasteiger partial charge in [0, 0.05) is 23.7 Å². The molecule has 1 aromatic heterocycles. The van der Waals surface area contributed by atoms with Gasteiger partial charge in [0.1, 0.15) is 5.69 Å². The van der Waals surface area contributed by atoms with Gasteiger partial charge >= 0.3 is 5.82 Å². The van der Waals surface area contributed by atoms with Gasteiger partial charge in [-0.3, -0.25) is 0 Å². The minimum Gasteiger partial charge on any atom is -0.710 e. The summed E-state index contributed by atoms with van der Waals surface area (Å²) in [5.41, 5.74) is 10.8. The Hall–Kier alpha value is -3.12. The van der Waals surface area contributed by atoms with Crippen molar-refractivity contribution in [2.45, 2.75) is 6.92 Å². The van der Waals surface area contributed by atoms with Gasteiger partial charge in [-0.25, -0.2) is 4.73 Å². The fraction of sp³-hybridized carbons (Fsp3) is 0.214. The predicted octanol–water partition coefficient (Wildman–Crippen LogP) is 3.75. The molecule has 0 aliphatic rings. The van der Waals surface area contributed by atoms with Crippen LogP contribution in [-0.4, -0.2) is 13.7 Å². The zero-order chi connectivity index (χ0) is 15.9. The summed E-state index contributed by atoms with van der Waals surface area (Å²) in [6, 6.07) is 10.6. The van der Waals surface area contributed by atoms with Crippen molar-refractivity contribution in [3.8, 4) is 0 Å². The van der Waals surface area contributed by atoms with Crippen LogP contribution in [0.25, 0.3) is 10.4 Å². The van der Waals surface area contributed by atoms with E-state index in [-0.39, 0.29) is 12.5 Å². The van der Waals surface area contributed by atoms with Crippen LogP contribution in [0.4, 0.5) is 17.2 Å². The van der Waals surface area contributed by atoms with Gasteiger partial charge < -0.3 is 10.1 Å². The summed E-state index contributed by atoms with van der Waals surface area (Å²) in [5, 5.41) is 23.0. The SMILES string of the molecule is Cc1cc[n+]([O-])c(/N=N/c2ccc(N(C)CN=[N+]=[N-])cc2)c1. The van der Waals surface area contributed by atoms with E-state index in [4.69, 9.17) is 5.53 Å². The monoisotopic (exact) mass is 297 g/mol. The van der Waals surface area contributed by atoms with E-state index >= 15 is 0 Å². The number of aromatic nitrogens is 1. The maximum absolute atomic E-state index is 11.6. The van der Waals surface area contributed by atoms with Crippen molar-refractivity contribution in [3.05, 3.63) is 63.8 Å². The average molecular weight is 297 g/mol. The van der Waals surface area contributed by atoms with Gasteiger partial charge in [-0.2, -0.15) is 0 Å². The second kappa shape index (κ2) is 7.05. The first kappa shape index (κ1) is 15.3. The van der Waals surface area contributed by atoms with E-state index < -0.39 is 0 Å². The lowest BCUT2D eigenvalue weighted by atomic mass is 10.3. The van der Waals surface area contributed by atoms with Gasteiger partial charge in [-0.15, -0.1) is 0 Å². The van der Waals surface area contributed by atoms with Crippen molar-refractivity contribution < 1.29 is 4.73 Å². The number of pyridine rings is 1. The highest BCUT2D eigenvalue weighted by Crippen LogP contribution is 2.20. The van der Waals surface area contributed by atoms with Crippen LogP contribution < -0.4 is 9.63 Å². The Bertz CT molecular complexity index is 720. The highest BCUT2D eigenvalue weighted by atomic mass is 16.5. The topological polar surface area (TPSA) is 104 Å². The number of hydrogen-bond acceptors (Lipinski definition) is 5. The molecule has 0 N–H and O–H groups in total. The Morgan fingerprint density at radius 2 is 1.95 bits per heavy atom. The van der Waals surface area contributed by atoms with Crippen molar-refractivity contribution in [1.82, 2.24) is 0 Å². The van der Waals surface area contributed by atoms with Gasteiger partial charge in [-0.1, -0.05) is 5.11 Å². The lowest BCUT2D eigenvalue weighted by Crippen LogP contribution is -2.25. The molecule has 8 nitrogen and oxygen atoms in total. The van der Waals surface area contributed by atoms with E-state index in [1.807, 2.05) is 26.1 Å². The second-order valence-electron chi connectivity index (χ2n) is 4.67. The number of azo groups is 1. The van der Waals surface area contributed by atoms with Gasteiger partial charge in [0.2, 0.25) is 0 Å². The van der Waals surface area contributed by atoms with Gasteiger partial charge in [0.25, 0.3) is 0 Å². The van der Waals surface area contributed by atoms with E-state index in [9.17, 15) is 5.21 Å². The quantitative estimate of drug-likeness (QED) is 0.276. The lowest BCUT2D eigenvalue weighted by molar-refractivity contribution is -0.591. The largest absolute Gasteiger partial charge is 0.710 e. The van der Waals surface area contributed by atoms with E-state index in [1.54, 1.807) is 29.2 Å². The molecule has 0 spiro atoms. The fourth-order valence-electron chi connectivity index (χ4n) is 1.74. The Labute approximate surface area is 127 Å². The third-order valence-electron chi connectivity index (χ3n) is 2.95. The molecule has 1 aromatic carbocycles. The molecule has 0 atom stereocenters. The first-order chi connectivity index (χ1) is 10.6. The first-order valence-corrected chi connectivity index (χ1v) is 6.54. The maximum atomic E-state index is 11.6. The molecule has 2 aromatic rings. The molecule has 0 unspecified atom stereocenters. The van der Waals surface area contributed by atoms with Crippen LogP contribution >= 0.6 is 0 Å². The summed E-state index contributed by atoms with van der Waals surface area (Å²) in [6.07, 6.45) is 1.40. The predicted molar refractivity (Wildman–Crippen MR) is 83.2 cm³/mol.